The molecule has 4 aliphatic heterocycles. The molecule has 0 aromatic carbocycles. The van der Waals surface area contributed by atoms with E-state index in [0.717, 1.165) is 0 Å². The number of carbonyl (C=O) groups excluding carboxylic acids is 7. The molecule has 0 aromatic rings. The molecule has 73 heavy (non-hydrogen) atoms. The van der Waals surface area contributed by atoms with Crippen LogP contribution in [-0.2, 0) is 66.8 Å². The Bertz CT molecular complexity index is 1730. The zero-order chi connectivity index (χ0) is 53.9. The highest BCUT2D eigenvalue weighted by Crippen LogP contribution is 2.24. The quantitative estimate of drug-likeness (QED) is 0.0236. The van der Waals surface area contributed by atoms with Crippen LogP contribution >= 0.6 is 0 Å². The molecule has 0 radical (unpaired) electrons. The van der Waals surface area contributed by atoms with Crippen molar-refractivity contribution in [3.8, 4) is 0 Å². The van der Waals surface area contributed by atoms with Crippen molar-refractivity contribution >= 4 is 41.3 Å². The predicted octanol–water partition coefficient (Wildman–Crippen LogP) is -5.77. The first-order chi connectivity index (χ1) is 34.6. The van der Waals surface area contributed by atoms with Crippen molar-refractivity contribution < 1.29 is 113 Å². The molecule has 4 fully saturated rings. The number of aliphatic hydroxyl groups is 9. The van der Waals surface area contributed by atoms with E-state index in [1.165, 1.54) is 25.7 Å². The fourth-order valence-electron chi connectivity index (χ4n) is 8.25. The number of carbonyl (C=O) groups is 7. The third-order valence-corrected chi connectivity index (χ3v) is 12.7. The molecule has 16 atom stereocenters. The predicted molar refractivity (Wildman–Crippen MR) is 243 cm³/mol. The molecule has 0 saturated carbocycles. The van der Waals surface area contributed by atoms with Gasteiger partial charge in [0.1, 0.15) is 60.7 Å². The summed E-state index contributed by atoms with van der Waals surface area (Å²) in [6, 6.07) is -1.18. The number of ether oxygens (including phenoxy) is 6. The summed E-state index contributed by atoms with van der Waals surface area (Å²) >= 11 is 0. The van der Waals surface area contributed by atoms with E-state index >= 15 is 0 Å². The third kappa shape index (κ3) is 19.0. The smallest absolute Gasteiger partial charge is 0.333 e. The number of amides is 5. The van der Waals surface area contributed by atoms with Crippen LogP contribution < -0.4 is 16.0 Å². The lowest BCUT2D eigenvalue weighted by molar-refractivity contribution is -0.292. The van der Waals surface area contributed by atoms with Gasteiger partial charge < -0.3 is 95.2 Å². The molecule has 4 saturated heterocycles. The average Bonchev–Trinajstić information content (AvgIpc) is 3.67. The molecular formula is C45H75N5O23. The number of nitrogens with one attached hydrogen (secondary N) is 3. The maximum atomic E-state index is 14.0. The standard InChI is InChI=1S/C45H75N5O23/c1-23-33(57)36(60)39(63)43(70-23)67-18-15-46-28(52)21-49(22-29(53)47-16-19-68-44-40(64)37(61)34(58)24(2)71-44)27(42(66)48-17-20-69-45-41(65)38(62)35(59)25(3)72-45)11-6-4-5-9-26(51)10-7-8-12-32(56)73-50-30(54)13-14-31(50)55/h23-25,27,33-41,43-45,57-65H,4-22H2,1-3H3,(H,46,52)(H,47,53)(H,48,66)/t23-,24-,25-,27-,33+,34+,35+,36+,37+,38+,39-,40-,41-,43+,44+,45+/m0/s1. The number of hydrogen-bond donors (Lipinski definition) is 12. The van der Waals surface area contributed by atoms with E-state index in [-0.39, 0.29) is 90.2 Å². The molecule has 0 bridgehead atoms. The molecule has 4 rings (SSSR count). The van der Waals surface area contributed by atoms with E-state index in [9.17, 15) is 79.5 Å². The lowest BCUT2D eigenvalue weighted by Gasteiger charge is -2.39. The summed E-state index contributed by atoms with van der Waals surface area (Å²) in [5.41, 5.74) is 0. The number of imide groups is 1. The van der Waals surface area contributed by atoms with Crippen LogP contribution in [0.2, 0.25) is 0 Å². The fraction of sp³-hybridized carbons (Fsp3) is 0.844. The number of hydroxylamine groups is 2. The monoisotopic (exact) mass is 1050 g/mol. The summed E-state index contributed by atoms with van der Waals surface area (Å²) in [6.45, 7) is 2.09. The van der Waals surface area contributed by atoms with Gasteiger partial charge in [-0.05, 0) is 46.5 Å². The summed E-state index contributed by atoms with van der Waals surface area (Å²) in [4.78, 5) is 95.4. The summed E-state index contributed by atoms with van der Waals surface area (Å²) in [5, 5.41) is 99.7. The zero-order valence-electron chi connectivity index (χ0n) is 41.3. The summed E-state index contributed by atoms with van der Waals surface area (Å²) in [6.07, 6.45) is -18.3. The molecular weight excluding hydrogens is 979 g/mol. The molecule has 0 unspecified atom stereocenters. The first-order valence-electron chi connectivity index (χ1n) is 24.7. The van der Waals surface area contributed by atoms with Gasteiger partial charge in [-0.3, -0.25) is 33.7 Å². The molecule has 28 heteroatoms. The van der Waals surface area contributed by atoms with Crippen molar-refractivity contribution in [1.82, 2.24) is 25.9 Å². The van der Waals surface area contributed by atoms with Crippen molar-refractivity contribution in [3.05, 3.63) is 0 Å². The number of Topliss-reactive ketones (excluding diaryl/α,β-unsaturated/α-hetero) is 1. The fourth-order valence-corrected chi connectivity index (χ4v) is 8.25. The van der Waals surface area contributed by atoms with Gasteiger partial charge in [0, 0.05) is 51.7 Å². The van der Waals surface area contributed by atoms with Crippen molar-refractivity contribution in [2.24, 2.45) is 0 Å². The molecule has 28 nitrogen and oxygen atoms in total. The minimum atomic E-state index is -1.61. The largest absolute Gasteiger partial charge is 0.388 e. The van der Waals surface area contributed by atoms with Crippen LogP contribution in [0.3, 0.4) is 0 Å². The van der Waals surface area contributed by atoms with Gasteiger partial charge in [0.2, 0.25) is 17.7 Å². The van der Waals surface area contributed by atoms with E-state index < -0.39 is 147 Å². The molecule has 418 valence electrons. The molecule has 4 heterocycles. The molecule has 12 N–H and O–H groups in total. The maximum absolute atomic E-state index is 14.0. The van der Waals surface area contributed by atoms with Gasteiger partial charge in [0.15, 0.2) is 18.9 Å². The first-order valence-corrected chi connectivity index (χ1v) is 24.7. The normalized spacial score (nSPS) is 32.1. The number of aliphatic hydroxyl groups excluding tert-OH is 9. The Kier molecular flexibility index (Phi) is 25.8. The number of nitrogens with zero attached hydrogens (tertiary/aromatic N) is 2. The molecule has 0 aliphatic carbocycles. The number of rotatable bonds is 30. The van der Waals surface area contributed by atoms with Gasteiger partial charge in [-0.1, -0.05) is 12.8 Å². The Balaban J connectivity index is 1.37. The van der Waals surface area contributed by atoms with Crippen LogP contribution in [0.5, 0.6) is 0 Å². The Morgan fingerprint density at radius 3 is 1.36 bits per heavy atom. The second-order valence-corrected chi connectivity index (χ2v) is 18.5. The average molecular weight is 1050 g/mol. The summed E-state index contributed by atoms with van der Waals surface area (Å²) in [5.74, 6) is -4.08. The van der Waals surface area contributed by atoms with Crippen molar-refractivity contribution in [3.63, 3.8) is 0 Å². The highest BCUT2D eigenvalue weighted by atomic mass is 16.7. The lowest BCUT2D eigenvalue weighted by atomic mass is 10.0. The number of ketones is 1. The van der Waals surface area contributed by atoms with Crippen LogP contribution in [0, 0.1) is 0 Å². The van der Waals surface area contributed by atoms with Gasteiger partial charge in [0.05, 0.1) is 57.3 Å². The van der Waals surface area contributed by atoms with Crippen molar-refractivity contribution in [1.29, 1.82) is 0 Å². The van der Waals surface area contributed by atoms with Gasteiger partial charge in [0.25, 0.3) is 11.8 Å². The van der Waals surface area contributed by atoms with Gasteiger partial charge in [-0.2, -0.15) is 0 Å². The van der Waals surface area contributed by atoms with Gasteiger partial charge >= 0.3 is 5.97 Å². The van der Waals surface area contributed by atoms with Gasteiger partial charge in [-0.25, -0.2) is 4.79 Å². The topological polar surface area (TPSA) is 409 Å². The second-order valence-electron chi connectivity index (χ2n) is 18.5. The Morgan fingerprint density at radius 2 is 0.932 bits per heavy atom. The third-order valence-electron chi connectivity index (χ3n) is 12.7. The Morgan fingerprint density at radius 1 is 0.548 bits per heavy atom. The molecule has 5 amide bonds. The summed E-state index contributed by atoms with van der Waals surface area (Å²) in [7, 11) is 0. The zero-order valence-corrected chi connectivity index (χ0v) is 41.3. The Labute approximate surface area is 421 Å². The highest BCUT2D eigenvalue weighted by Gasteiger charge is 2.45. The van der Waals surface area contributed by atoms with Gasteiger partial charge in [-0.15, -0.1) is 5.06 Å². The van der Waals surface area contributed by atoms with Crippen LogP contribution in [0.1, 0.15) is 91.4 Å². The van der Waals surface area contributed by atoms with E-state index in [1.54, 1.807) is 0 Å². The first kappa shape index (κ1) is 61.6. The minimum Gasteiger partial charge on any atom is -0.388 e. The van der Waals surface area contributed by atoms with E-state index in [0.29, 0.717) is 30.7 Å². The Hall–Kier alpha value is -3.95. The van der Waals surface area contributed by atoms with E-state index in [2.05, 4.69) is 16.0 Å². The van der Waals surface area contributed by atoms with Crippen LogP contribution in [-0.4, -0.2) is 248 Å². The van der Waals surface area contributed by atoms with Crippen LogP contribution in [0.25, 0.3) is 0 Å². The second kappa shape index (κ2) is 30.6. The van der Waals surface area contributed by atoms with Crippen LogP contribution in [0.4, 0.5) is 0 Å². The number of unbranched alkanes of at least 4 members (excludes halogenated alkanes) is 3. The minimum absolute atomic E-state index is 0.0365. The lowest BCUT2D eigenvalue weighted by Crippen LogP contribution is -2.58. The van der Waals surface area contributed by atoms with E-state index in [1.807, 2.05) is 0 Å². The molecule has 4 aliphatic rings. The SMILES string of the molecule is C[C@@H]1O[C@@H](OCCNC(=O)CN(CC(=O)NCCO[C@@H]2O[C@@H](C)[C@@H](O)[C@@H](O)[C@@H]2O)[C@@H](CCCCCC(=O)CCCCC(=O)ON2C(=O)CCC2=O)C(=O)NCCO[C@@H]2O[C@@H](C)[C@@H](O)[C@@H](O)[C@@H]2O)[C@@H](O)[C@H](O)[C@@H]1O. The highest BCUT2D eigenvalue weighted by molar-refractivity contribution is 6.01. The summed E-state index contributed by atoms with van der Waals surface area (Å²) < 4.78 is 32.9. The van der Waals surface area contributed by atoms with Crippen molar-refractivity contribution in [2.75, 3.05) is 52.5 Å². The number of hydrogen-bond acceptors (Lipinski definition) is 24. The molecule has 0 spiro atoms. The molecule has 0 aromatic heterocycles. The van der Waals surface area contributed by atoms with Crippen LogP contribution in [0.15, 0.2) is 0 Å². The van der Waals surface area contributed by atoms with Crippen molar-refractivity contribution in [2.45, 2.75) is 190 Å². The maximum Gasteiger partial charge on any atom is 0.333 e. The van der Waals surface area contributed by atoms with E-state index in [4.69, 9.17) is 33.3 Å².